The first kappa shape index (κ1) is 17.5. The summed E-state index contributed by atoms with van der Waals surface area (Å²) in [5.41, 5.74) is 6.24. The van der Waals surface area contributed by atoms with Gasteiger partial charge in [-0.3, -0.25) is 9.59 Å². The van der Waals surface area contributed by atoms with Crippen LogP contribution in [0.15, 0.2) is 42.5 Å². The van der Waals surface area contributed by atoms with Crippen LogP contribution in [0.3, 0.4) is 0 Å². The van der Waals surface area contributed by atoms with Crippen molar-refractivity contribution < 1.29 is 9.59 Å². The molecule has 24 heavy (non-hydrogen) atoms. The molecule has 3 N–H and O–H groups in total. The normalized spacial score (nSPS) is 11.6. The first-order valence-electron chi connectivity index (χ1n) is 8.03. The molecule has 0 radical (unpaired) electrons. The molecule has 0 aliphatic heterocycles. The van der Waals surface area contributed by atoms with E-state index in [4.69, 9.17) is 11.0 Å². The summed E-state index contributed by atoms with van der Waals surface area (Å²) in [4.78, 5) is 23.6. The zero-order valence-corrected chi connectivity index (χ0v) is 13.5. The molecule has 0 spiro atoms. The van der Waals surface area contributed by atoms with E-state index < -0.39 is 11.9 Å². The van der Waals surface area contributed by atoms with E-state index in [1.807, 2.05) is 42.5 Å². The van der Waals surface area contributed by atoms with Crippen LogP contribution < -0.4 is 11.1 Å². The van der Waals surface area contributed by atoms with Crippen LogP contribution in [0.5, 0.6) is 0 Å². The zero-order valence-electron chi connectivity index (χ0n) is 13.5. The van der Waals surface area contributed by atoms with Crippen LogP contribution in [0.25, 0.3) is 10.8 Å². The van der Waals surface area contributed by atoms with Gasteiger partial charge in [0.1, 0.15) is 6.04 Å². The number of unbranched alkanes of at least 4 members (excludes halogenated alkanes) is 2. The quantitative estimate of drug-likeness (QED) is 0.730. The minimum Gasteiger partial charge on any atom is -0.368 e. The topological polar surface area (TPSA) is 96.0 Å². The lowest BCUT2D eigenvalue weighted by Gasteiger charge is -2.15. The Hall–Kier alpha value is -2.87. The second-order valence-corrected chi connectivity index (χ2v) is 5.78. The zero-order chi connectivity index (χ0) is 17.4. The maximum Gasteiger partial charge on any atom is 0.239 e. The third-order valence-electron chi connectivity index (χ3n) is 3.89. The molecule has 2 amide bonds. The van der Waals surface area contributed by atoms with Crippen molar-refractivity contribution in [2.75, 3.05) is 0 Å². The summed E-state index contributed by atoms with van der Waals surface area (Å²) >= 11 is 0. The number of amides is 2. The van der Waals surface area contributed by atoms with E-state index >= 15 is 0 Å². The number of hydrogen-bond acceptors (Lipinski definition) is 3. The molecule has 124 valence electrons. The van der Waals surface area contributed by atoms with Crippen molar-refractivity contribution >= 4 is 22.6 Å². The number of rotatable bonds is 8. The van der Waals surface area contributed by atoms with E-state index in [9.17, 15) is 9.59 Å². The number of fused-ring (bicyclic) bond motifs is 1. The van der Waals surface area contributed by atoms with Crippen LogP contribution in [0.4, 0.5) is 0 Å². The Kier molecular flexibility index (Phi) is 6.32. The van der Waals surface area contributed by atoms with Gasteiger partial charge in [0.2, 0.25) is 11.8 Å². The highest BCUT2D eigenvalue weighted by Crippen LogP contribution is 2.16. The molecule has 2 aromatic carbocycles. The third kappa shape index (κ3) is 5.10. The van der Waals surface area contributed by atoms with Gasteiger partial charge in [0, 0.05) is 6.42 Å². The number of nitrogens with one attached hydrogen (secondary N) is 1. The Bertz CT molecular complexity index is 765. The summed E-state index contributed by atoms with van der Waals surface area (Å²) in [6.45, 7) is 0. The molecular weight excluding hydrogens is 302 g/mol. The highest BCUT2D eigenvalue weighted by atomic mass is 16.2. The number of benzene rings is 2. The second kappa shape index (κ2) is 8.68. The van der Waals surface area contributed by atoms with Gasteiger partial charge in [-0.05, 0) is 35.6 Å². The summed E-state index contributed by atoms with van der Waals surface area (Å²) in [5, 5.41) is 13.4. The van der Waals surface area contributed by atoms with E-state index in [2.05, 4.69) is 11.4 Å². The monoisotopic (exact) mass is 323 g/mol. The van der Waals surface area contributed by atoms with E-state index in [-0.39, 0.29) is 12.3 Å². The first-order valence-corrected chi connectivity index (χ1v) is 8.03. The van der Waals surface area contributed by atoms with Gasteiger partial charge in [0.25, 0.3) is 0 Å². The summed E-state index contributed by atoms with van der Waals surface area (Å²) < 4.78 is 0. The molecule has 0 aliphatic carbocycles. The molecule has 0 fully saturated rings. The van der Waals surface area contributed by atoms with Crippen molar-refractivity contribution in [3.63, 3.8) is 0 Å². The molecule has 0 saturated heterocycles. The Morgan fingerprint density at radius 1 is 1.12 bits per heavy atom. The van der Waals surface area contributed by atoms with E-state index in [1.54, 1.807) is 0 Å². The highest BCUT2D eigenvalue weighted by molar-refractivity contribution is 5.88. The van der Waals surface area contributed by atoms with Crippen molar-refractivity contribution in [3.8, 4) is 6.07 Å². The molecule has 0 bridgehead atoms. The van der Waals surface area contributed by atoms with Gasteiger partial charge < -0.3 is 11.1 Å². The number of carbonyl (C=O) groups is 2. The maximum atomic E-state index is 12.2. The minimum absolute atomic E-state index is 0.201. The Labute approximate surface area is 141 Å². The number of nitrogens with two attached hydrogens (primary N) is 1. The highest BCUT2D eigenvalue weighted by Gasteiger charge is 2.17. The predicted molar refractivity (Wildman–Crippen MR) is 92.9 cm³/mol. The average molecular weight is 323 g/mol. The SMILES string of the molecule is N#CCCCC[C@@H](NC(=O)Cc1ccc2ccccc2c1)C(N)=O. The minimum atomic E-state index is -0.684. The van der Waals surface area contributed by atoms with Gasteiger partial charge in [-0.25, -0.2) is 0 Å². The standard InChI is InChI=1S/C19H21N3O2/c20-11-5-1-2-8-17(19(21)24)22-18(23)13-14-9-10-15-6-3-4-7-16(15)12-14/h3-4,6-7,9-10,12,17H,1-2,5,8,13H2,(H2,21,24)(H,22,23)/t17-/m1/s1. The third-order valence-corrected chi connectivity index (χ3v) is 3.89. The van der Waals surface area contributed by atoms with E-state index in [1.165, 1.54) is 0 Å². The van der Waals surface area contributed by atoms with Gasteiger partial charge >= 0.3 is 0 Å². The lowest BCUT2D eigenvalue weighted by atomic mass is 10.0. The number of carbonyl (C=O) groups excluding carboxylic acids is 2. The van der Waals surface area contributed by atoms with Gasteiger partial charge in [-0.2, -0.15) is 5.26 Å². The number of primary amides is 1. The maximum absolute atomic E-state index is 12.2. The fraction of sp³-hybridized carbons (Fsp3) is 0.316. The van der Waals surface area contributed by atoms with Gasteiger partial charge in [0.05, 0.1) is 12.5 Å². The Morgan fingerprint density at radius 3 is 2.58 bits per heavy atom. The van der Waals surface area contributed by atoms with Crippen molar-refractivity contribution in [1.29, 1.82) is 5.26 Å². The predicted octanol–water partition coefficient (Wildman–Crippen LogP) is 2.44. The smallest absolute Gasteiger partial charge is 0.239 e. The Balaban J connectivity index is 1.94. The molecule has 1 atom stereocenters. The van der Waals surface area contributed by atoms with Gasteiger partial charge in [-0.15, -0.1) is 0 Å². The van der Waals surface area contributed by atoms with Crippen LogP contribution in [-0.2, 0) is 16.0 Å². The number of hydrogen-bond donors (Lipinski definition) is 2. The molecule has 2 rings (SSSR count). The fourth-order valence-corrected chi connectivity index (χ4v) is 2.62. The summed E-state index contributed by atoms with van der Waals surface area (Å²) in [7, 11) is 0. The Morgan fingerprint density at radius 2 is 1.88 bits per heavy atom. The molecule has 0 unspecified atom stereocenters. The summed E-state index contributed by atoms with van der Waals surface area (Å²) in [6.07, 6.45) is 2.47. The molecular formula is C19H21N3O2. The molecule has 2 aromatic rings. The molecule has 5 heteroatoms. The van der Waals surface area contributed by atoms with Crippen molar-refractivity contribution in [2.24, 2.45) is 5.73 Å². The van der Waals surface area contributed by atoms with E-state index in [0.29, 0.717) is 25.7 Å². The number of nitriles is 1. The van der Waals surface area contributed by atoms with Crippen LogP contribution in [-0.4, -0.2) is 17.9 Å². The fourth-order valence-electron chi connectivity index (χ4n) is 2.62. The van der Waals surface area contributed by atoms with Gasteiger partial charge in [0.15, 0.2) is 0 Å². The largest absolute Gasteiger partial charge is 0.368 e. The van der Waals surface area contributed by atoms with E-state index in [0.717, 1.165) is 16.3 Å². The number of nitrogens with zero attached hydrogens (tertiary/aromatic N) is 1. The van der Waals surface area contributed by atoms with Gasteiger partial charge in [-0.1, -0.05) is 42.5 Å². The lowest BCUT2D eigenvalue weighted by molar-refractivity contribution is -0.127. The average Bonchev–Trinajstić information content (AvgIpc) is 2.57. The van der Waals surface area contributed by atoms with Crippen LogP contribution in [0.2, 0.25) is 0 Å². The summed E-state index contributed by atoms with van der Waals surface area (Å²) in [6, 6.07) is 15.2. The second-order valence-electron chi connectivity index (χ2n) is 5.78. The van der Waals surface area contributed by atoms with Crippen LogP contribution >= 0.6 is 0 Å². The molecule has 0 heterocycles. The van der Waals surface area contributed by atoms with Crippen LogP contribution in [0, 0.1) is 11.3 Å². The molecule has 0 aromatic heterocycles. The van der Waals surface area contributed by atoms with Crippen LogP contribution in [0.1, 0.15) is 31.2 Å². The summed E-state index contributed by atoms with van der Waals surface area (Å²) in [5.74, 6) is -0.770. The van der Waals surface area contributed by atoms with Crippen molar-refractivity contribution in [1.82, 2.24) is 5.32 Å². The van der Waals surface area contributed by atoms with Crippen molar-refractivity contribution in [3.05, 3.63) is 48.0 Å². The molecule has 0 saturated carbocycles. The van der Waals surface area contributed by atoms with Crippen molar-refractivity contribution in [2.45, 2.75) is 38.1 Å². The first-order chi connectivity index (χ1) is 11.6. The molecule has 5 nitrogen and oxygen atoms in total. The lowest BCUT2D eigenvalue weighted by Crippen LogP contribution is -2.44. The molecule has 0 aliphatic rings.